The van der Waals surface area contributed by atoms with E-state index in [0.717, 1.165) is 31.7 Å². The molecule has 3 rings (SSSR count). The summed E-state index contributed by atoms with van der Waals surface area (Å²) in [6.45, 7) is 2.71. The third-order valence-electron chi connectivity index (χ3n) is 4.72. The Morgan fingerprint density at radius 3 is 2.66 bits per heavy atom. The molecular weight excluding hydrogens is 378 g/mol. The first-order valence-electron chi connectivity index (χ1n) is 9.23. The molecule has 9 heteroatoms. The highest BCUT2D eigenvalue weighted by Gasteiger charge is 2.23. The van der Waals surface area contributed by atoms with Crippen LogP contribution < -0.4 is 10.3 Å². The van der Waals surface area contributed by atoms with Crippen molar-refractivity contribution < 1.29 is 24.5 Å². The number of aromatic amines is 1. The van der Waals surface area contributed by atoms with Crippen molar-refractivity contribution in [2.24, 2.45) is 5.92 Å². The van der Waals surface area contributed by atoms with Gasteiger partial charge in [0.05, 0.1) is 7.11 Å². The number of benzene rings is 1. The standard InChI is InChI=1S/C18H23N3O2.C2H2O4/c1-23-17-5-3-2-4-15(17)7-6-14-8-11-21(12-14)13-16-18(22)20-10-9-19-16;3-1(4)2(5)6/h2-5,9-10,14H,6-8,11-13H2,1H3,(H,20,22);(H,3,4)(H,5,6). The lowest BCUT2D eigenvalue weighted by molar-refractivity contribution is -0.159. The maximum Gasteiger partial charge on any atom is 0.414 e. The van der Waals surface area contributed by atoms with Crippen LogP contribution >= 0.6 is 0 Å². The van der Waals surface area contributed by atoms with Crippen LogP contribution in [0, 0.1) is 5.92 Å². The lowest BCUT2D eigenvalue weighted by atomic mass is 9.98. The zero-order valence-electron chi connectivity index (χ0n) is 16.2. The summed E-state index contributed by atoms with van der Waals surface area (Å²) in [4.78, 5) is 39.1. The number of carbonyl (C=O) groups is 2. The van der Waals surface area contributed by atoms with Crippen LogP contribution in [0.2, 0.25) is 0 Å². The summed E-state index contributed by atoms with van der Waals surface area (Å²) < 4.78 is 5.42. The van der Waals surface area contributed by atoms with Crippen LogP contribution in [0.25, 0.3) is 0 Å². The summed E-state index contributed by atoms with van der Waals surface area (Å²) in [6.07, 6.45) is 6.58. The molecule has 1 saturated heterocycles. The minimum atomic E-state index is -1.82. The third kappa shape index (κ3) is 7.04. The van der Waals surface area contributed by atoms with Gasteiger partial charge in [-0.15, -0.1) is 0 Å². The topological polar surface area (TPSA) is 133 Å². The van der Waals surface area contributed by atoms with Gasteiger partial charge in [-0.3, -0.25) is 14.7 Å². The number of carboxylic acids is 2. The molecule has 0 bridgehead atoms. The number of hydrogen-bond acceptors (Lipinski definition) is 6. The van der Waals surface area contributed by atoms with Crippen molar-refractivity contribution in [1.29, 1.82) is 0 Å². The Morgan fingerprint density at radius 1 is 1.28 bits per heavy atom. The molecule has 0 saturated carbocycles. The number of ether oxygens (including phenoxy) is 1. The predicted octanol–water partition coefficient (Wildman–Crippen LogP) is 1.39. The van der Waals surface area contributed by atoms with E-state index in [0.29, 0.717) is 18.2 Å². The van der Waals surface area contributed by atoms with Gasteiger partial charge >= 0.3 is 11.9 Å². The van der Waals surface area contributed by atoms with Gasteiger partial charge in [0.2, 0.25) is 0 Å². The Hall–Kier alpha value is -3.20. The van der Waals surface area contributed by atoms with Crippen LogP contribution in [0.4, 0.5) is 0 Å². The molecule has 0 aliphatic carbocycles. The zero-order chi connectivity index (χ0) is 21.2. The first kappa shape index (κ1) is 22.1. The Labute approximate surface area is 168 Å². The summed E-state index contributed by atoms with van der Waals surface area (Å²) in [5.41, 5.74) is 1.80. The number of aliphatic carboxylic acids is 2. The first-order chi connectivity index (χ1) is 13.9. The number of nitrogens with zero attached hydrogens (tertiary/aromatic N) is 2. The molecule has 1 aliphatic rings. The molecule has 1 unspecified atom stereocenters. The van der Waals surface area contributed by atoms with Gasteiger partial charge in [-0.2, -0.15) is 0 Å². The lowest BCUT2D eigenvalue weighted by Gasteiger charge is -2.15. The van der Waals surface area contributed by atoms with Crippen LogP contribution in [0.1, 0.15) is 24.1 Å². The second kappa shape index (κ2) is 11.0. The molecule has 1 aromatic carbocycles. The highest BCUT2D eigenvalue weighted by molar-refractivity contribution is 6.27. The minimum Gasteiger partial charge on any atom is -0.496 e. The quantitative estimate of drug-likeness (QED) is 0.616. The van der Waals surface area contributed by atoms with E-state index >= 15 is 0 Å². The van der Waals surface area contributed by atoms with Crippen molar-refractivity contribution >= 4 is 11.9 Å². The lowest BCUT2D eigenvalue weighted by Crippen LogP contribution is -2.26. The van der Waals surface area contributed by atoms with Crippen molar-refractivity contribution in [3.8, 4) is 5.75 Å². The minimum absolute atomic E-state index is 0.0787. The first-order valence-corrected chi connectivity index (χ1v) is 9.23. The average Bonchev–Trinajstić information content (AvgIpc) is 3.16. The molecule has 29 heavy (non-hydrogen) atoms. The highest BCUT2D eigenvalue weighted by Crippen LogP contribution is 2.25. The summed E-state index contributed by atoms with van der Waals surface area (Å²) >= 11 is 0. The molecule has 0 radical (unpaired) electrons. The number of carboxylic acid groups (broad SMARTS) is 2. The Balaban J connectivity index is 0.000000438. The van der Waals surface area contributed by atoms with Gasteiger partial charge in [0.15, 0.2) is 0 Å². The van der Waals surface area contributed by atoms with Gasteiger partial charge in [0, 0.05) is 25.5 Å². The van der Waals surface area contributed by atoms with Crippen LogP contribution in [0.5, 0.6) is 5.75 Å². The molecular formula is C20H25N3O6. The fourth-order valence-electron chi connectivity index (χ4n) is 3.27. The number of aromatic nitrogens is 2. The van der Waals surface area contributed by atoms with Crippen LogP contribution in [-0.2, 0) is 22.6 Å². The largest absolute Gasteiger partial charge is 0.496 e. The van der Waals surface area contributed by atoms with Gasteiger partial charge < -0.3 is 19.9 Å². The van der Waals surface area contributed by atoms with Crippen molar-refractivity contribution in [1.82, 2.24) is 14.9 Å². The van der Waals surface area contributed by atoms with Crippen molar-refractivity contribution in [2.75, 3.05) is 20.2 Å². The second-order valence-electron chi connectivity index (χ2n) is 6.72. The van der Waals surface area contributed by atoms with Crippen LogP contribution in [0.15, 0.2) is 41.5 Å². The van der Waals surface area contributed by atoms with Crippen molar-refractivity contribution in [3.05, 3.63) is 58.3 Å². The number of hydrogen-bond donors (Lipinski definition) is 3. The van der Waals surface area contributed by atoms with Gasteiger partial charge in [-0.25, -0.2) is 9.59 Å². The zero-order valence-corrected chi connectivity index (χ0v) is 16.2. The molecule has 2 aromatic rings. The van der Waals surface area contributed by atoms with E-state index < -0.39 is 11.9 Å². The van der Waals surface area contributed by atoms with Gasteiger partial charge in [0.1, 0.15) is 11.4 Å². The van der Waals surface area contributed by atoms with E-state index in [1.54, 1.807) is 19.5 Å². The van der Waals surface area contributed by atoms with Crippen LogP contribution in [0.3, 0.4) is 0 Å². The Morgan fingerprint density at radius 2 is 2.00 bits per heavy atom. The summed E-state index contributed by atoms with van der Waals surface area (Å²) in [7, 11) is 1.72. The number of nitrogens with one attached hydrogen (secondary N) is 1. The molecule has 1 aliphatic heterocycles. The molecule has 1 aromatic heterocycles. The number of para-hydroxylation sites is 1. The SMILES string of the molecule is COc1ccccc1CCC1CCN(Cc2ncc[nH]c2=O)C1.O=C(O)C(=O)O. The highest BCUT2D eigenvalue weighted by atomic mass is 16.5. The maximum atomic E-state index is 11.7. The molecule has 0 amide bonds. The summed E-state index contributed by atoms with van der Waals surface area (Å²) in [5, 5.41) is 14.8. The molecule has 0 spiro atoms. The van der Waals surface area contributed by atoms with Crippen molar-refractivity contribution in [2.45, 2.75) is 25.8 Å². The fraction of sp³-hybridized carbons (Fsp3) is 0.400. The third-order valence-corrected chi connectivity index (χ3v) is 4.72. The molecule has 3 N–H and O–H groups in total. The summed E-state index contributed by atoms with van der Waals surface area (Å²) in [6, 6.07) is 8.22. The van der Waals surface area contributed by atoms with E-state index in [2.05, 4.69) is 27.0 Å². The number of aryl methyl sites for hydroxylation is 1. The molecule has 9 nitrogen and oxygen atoms in total. The van der Waals surface area contributed by atoms with E-state index in [-0.39, 0.29) is 5.56 Å². The van der Waals surface area contributed by atoms with Gasteiger partial charge in [-0.05, 0) is 43.4 Å². The number of H-pyrrole nitrogens is 1. The predicted molar refractivity (Wildman–Crippen MR) is 105 cm³/mol. The Kier molecular flexibility index (Phi) is 8.35. The van der Waals surface area contributed by atoms with Crippen molar-refractivity contribution in [3.63, 3.8) is 0 Å². The maximum absolute atomic E-state index is 11.7. The fourth-order valence-corrected chi connectivity index (χ4v) is 3.27. The average molecular weight is 403 g/mol. The van der Waals surface area contributed by atoms with E-state index in [1.165, 1.54) is 12.0 Å². The normalized spacial score (nSPS) is 16.0. The number of methoxy groups -OCH3 is 1. The molecule has 2 heterocycles. The molecule has 1 atom stereocenters. The Bertz CT molecular complexity index is 870. The molecule has 156 valence electrons. The summed E-state index contributed by atoms with van der Waals surface area (Å²) in [5.74, 6) is -2.00. The van der Waals surface area contributed by atoms with Crippen LogP contribution in [-0.4, -0.2) is 57.2 Å². The van der Waals surface area contributed by atoms with E-state index in [9.17, 15) is 4.79 Å². The van der Waals surface area contributed by atoms with E-state index in [4.69, 9.17) is 24.5 Å². The smallest absolute Gasteiger partial charge is 0.414 e. The number of rotatable bonds is 6. The van der Waals surface area contributed by atoms with Gasteiger partial charge in [0.25, 0.3) is 5.56 Å². The second-order valence-corrected chi connectivity index (χ2v) is 6.72. The van der Waals surface area contributed by atoms with Gasteiger partial charge in [-0.1, -0.05) is 18.2 Å². The monoisotopic (exact) mass is 403 g/mol. The molecule has 1 fully saturated rings. The number of likely N-dealkylation sites (tertiary alicyclic amines) is 1. The van der Waals surface area contributed by atoms with E-state index in [1.807, 2.05) is 12.1 Å².